The number of nitrogens with one attached hydrogen (secondary N) is 1. The van der Waals surface area contributed by atoms with Crippen LogP contribution in [-0.2, 0) is 0 Å². The lowest BCUT2D eigenvalue weighted by molar-refractivity contribution is 0.453. The van der Waals surface area contributed by atoms with Crippen LogP contribution in [0, 0.1) is 6.92 Å². The van der Waals surface area contributed by atoms with Gasteiger partial charge in [0, 0.05) is 6.20 Å². The fourth-order valence-electron chi connectivity index (χ4n) is 1.31. The molecule has 0 saturated carbocycles. The highest BCUT2D eigenvalue weighted by Crippen LogP contribution is 2.17. The number of anilines is 2. The quantitative estimate of drug-likeness (QED) is 0.813. The summed E-state index contributed by atoms with van der Waals surface area (Å²) in [7, 11) is 0. The molecule has 3 N–H and O–H groups in total. The van der Waals surface area contributed by atoms with Gasteiger partial charge < -0.3 is 15.5 Å². The fourth-order valence-corrected chi connectivity index (χ4v) is 1.31. The Morgan fingerprint density at radius 3 is 2.88 bits per heavy atom. The molecule has 1 atom stereocenters. The van der Waals surface area contributed by atoms with Crippen LogP contribution in [0.1, 0.15) is 24.6 Å². The number of oxazole rings is 1. The monoisotopic (exact) mass is 219 g/mol. The lowest BCUT2D eigenvalue weighted by Crippen LogP contribution is -2.09. The summed E-state index contributed by atoms with van der Waals surface area (Å²) in [5.41, 5.74) is 5.48. The molecule has 0 aromatic carbocycles. The van der Waals surface area contributed by atoms with Crippen molar-refractivity contribution in [1.82, 2.24) is 15.0 Å². The average molecular weight is 219 g/mol. The minimum atomic E-state index is -0.0667. The number of hydrogen-bond acceptors (Lipinski definition) is 6. The first-order valence-electron chi connectivity index (χ1n) is 4.92. The van der Waals surface area contributed by atoms with E-state index in [0.29, 0.717) is 11.7 Å². The predicted molar refractivity (Wildman–Crippen MR) is 59.7 cm³/mol. The maximum absolute atomic E-state index is 5.48. The Morgan fingerprint density at radius 1 is 1.44 bits per heavy atom. The van der Waals surface area contributed by atoms with E-state index in [1.165, 1.54) is 0 Å². The second-order valence-corrected chi connectivity index (χ2v) is 3.48. The molecule has 1 unspecified atom stereocenters. The van der Waals surface area contributed by atoms with Gasteiger partial charge in [0.25, 0.3) is 0 Å². The van der Waals surface area contributed by atoms with Crippen LogP contribution in [0.3, 0.4) is 0 Å². The van der Waals surface area contributed by atoms with E-state index in [9.17, 15) is 0 Å². The molecule has 2 aromatic heterocycles. The molecule has 0 fully saturated rings. The largest absolute Gasteiger partial charge is 0.444 e. The molecule has 0 amide bonds. The standard InChI is InChI=1S/C10H13N5O/c1-6-5-13-9(16-6)7(2)14-8-3-4-12-10(11)15-8/h3-5,7H,1-2H3,(H3,11,12,14,15). The molecule has 2 heterocycles. The summed E-state index contributed by atoms with van der Waals surface area (Å²) in [6.07, 6.45) is 3.28. The Labute approximate surface area is 92.9 Å². The van der Waals surface area contributed by atoms with Crippen molar-refractivity contribution in [3.63, 3.8) is 0 Å². The third-order valence-electron chi connectivity index (χ3n) is 2.05. The SMILES string of the molecule is Cc1cnc(C(C)Nc2ccnc(N)n2)o1. The summed E-state index contributed by atoms with van der Waals surface area (Å²) in [4.78, 5) is 12.0. The zero-order chi connectivity index (χ0) is 11.5. The summed E-state index contributed by atoms with van der Waals surface area (Å²) in [5.74, 6) is 2.29. The van der Waals surface area contributed by atoms with Crippen LogP contribution in [0.2, 0.25) is 0 Å². The lowest BCUT2D eigenvalue weighted by atomic mass is 10.3. The highest BCUT2D eigenvalue weighted by Gasteiger charge is 2.11. The normalized spacial score (nSPS) is 12.4. The molecule has 0 aliphatic carbocycles. The van der Waals surface area contributed by atoms with Gasteiger partial charge in [-0.1, -0.05) is 0 Å². The minimum absolute atomic E-state index is 0.0667. The highest BCUT2D eigenvalue weighted by atomic mass is 16.4. The number of nitrogens with zero attached hydrogens (tertiary/aromatic N) is 3. The van der Waals surface area contributed by atoms with Crippen LogP contribution in [-0.4, -0.2) is 15.0 Å². The first-order valence-corrected chi connectivity index (χ1v) is 4.92. The van der Waals surface area contributed by atoms with E-state index in [1.807, 2.05) is 13.8 Å². The molecule has 0 spiro atoms. The predicted octanol–water partition coefficient (Wildman–Crippen LogP) is 1.53. The van der Waals surface area contributed by atoms with Crippen LogP contribution < -0.4 is 11.1 Å². The summed E-state index contributed by atoms with van der Waals surface area (Å²) in [6, 6.07) is 1.67. The Balaban J connectivity index is 2.10. The molecule has 2 aromatic rings. The Bertz CT molecular complexity index is 482. The zero-order valence-corrected chi connectivity index (χ0v) is 9.14. The number of nitrogens with two attached hydrogens (primary N) is 1. The Morgan fingerprint density at radius 2 is 2.25 bits per heavy atom. The molecule has 16 heavy (non-hydrogen) atoms. The first-order chi connectivity index (χ1) is 7.65. The molecule has 6 heteroatoms. The van der Waals surface area contributed by atoms with Gasteiger partial charge in [0.1, 0.15) is 17.6 Å². The van der Waals surface area contributed by atoms with E-state index in [1.54, 1.807) is 18.5 Å². The molecular formula is C10H13N5O. The summed E-state index contributed by atoms with van der Waals surface area (Å²) in [6.45, 7) is 3.79. The van der Waals surface area contributed by atoms with Gasteiger partial charge in [-0.25, -0.2) is 9.97 Å². The molecule has 0 aliphatic heterocycles. The maximum Gasteiger partial charge on any atom is 0.221 e. The van der Waals surface area contributed by atoms with Crippen molar-refractivity contribution in [3.8, 4) is 0 Å². The maximum atomic E-state index is 5.48. The Kier molecular flexibility index (Phi) is 2.72. The van der Waals surface area contributed by atoms with E-state index in [0.717, 1.165) is 5.76 Å². The summed E-state index contributed by atoms with van der Waals surface area (Å²) >= 11 is 0. The molecule has 0 aliphatic rings. The minimum Gasteiger partial charge on any atom is -0.444 e. The van der Waals surface area contributed by atoms with Gasteiger partial charge in [-0.2, -0.15) is 4.98 Å². The van der Waals surface area contributed by atoms with Gasteiger partial charge in [-0.15, -0.1) is 0 Å². The van der Waals surface area contributed by atoms with Crippen molar-refractivity contribution in [2.75, 3.05) is 11.1 Å². The summed E-state index contributed by atoms with van der Waals surface area (Å²) < 4.78 is 5.40. The molecule has 84 valence electrons. The van der Waals surface area contributed by atoms with E-state index in [2.05, 4.69) is 20.3 Å². The van der Waals surface area contributed by atoms with Gasteiger partial charge in [0.05, 0.1) is 6.20 Å². The summed E-state index contributed by atoms with van der Waals surface area (Å²) in [5, 5.41) is 3.12. The second-order valence-electron chi connectivity index (χ2n) is 3.48. The van der Waals surface area contributed by atoms with E-state index >= 15 is 0 Å². The third kappa shape index (κ3) is 2.28. The van der Waals surface area contributed by atoms with Gasteiger partial charge in [-0.05, 0) is 19.9 Å². The molecular weight excluding hydrogens is 206 g/mol. The van der Waals surface area contributed by atoms with Crippen molar-refractivity contribution in [3.05, 3.63) is 30.1 Å². The van der Waals surface area contributed by atoms with Crippen molar-refractivity contribution in [1.29, 1.82) is 0 Å². The topological polar surface area (TPSA) is 89.9 Å². The van der Waals surface area contributed by atoms with Crippen LogP contribution >= 0.6 is 0 Å². The van der Waals surface area contributed by atoms with Crippen molar-refractivity contribution >= 4 is 11.8 Å². The van der Waals surface area contributed by atoms with Crippen LogP contribution in [0.5, 0.6) is 0 Å². The van der Waals surface area contributed by atoms with Gasteiger partial charge in [0.2, 0.25) is 11.8 Å². The molecule has 2 rings (SSSR count). The van der Waals surface area contributed by atoms with Gasteiger partial charge >= 0.3 is 0 Å². The van der Waals surface area contributed by atoms with Gasteiger partial charge in [-0.3, -0.25) is 0 Å². The molecule has 0 saturated heterocycles. The van der Waals surface area contributed by atoms with Crippen LogP contribution in [0.15, 0.2) is 22.9 Å². The number of rotatable bonds is 3. The molecule has 0 radical (unpaired) electrons. The van der Waals surface area contributed by atoms with Crippen LogP contribution in [0.25, 0.3) is 0 Å². The smallest absolute Gasteiger partial charge is 0.221 e. The Hall–Kier alpha value is -2.11. The number of aromatic nitrogens is 3. The molecule has 0 bridgehead atoms. The van der Waals surface area contributed by atoms with Gasteiger partial charge in [0.15, 0.2) is 0 Å². The van der Waals surface area contributed by atoms with E-state index in [4.69, 9.17) is 10.2 Å². The highest BCUT2D eigenvalue weighted by molar-refractivity contribution is 5.38. The number of nitrogen functional groups attached to an aromatic ring is 1. The van der Waals surface area contributed by atoms with E-state index in [-0.39, 0.29) is 12.0 Å². The zero-order valence-electron chi connectivity index (χ0n) is 9.14. The van der Waals surface area contributed by atoms with Crippen molar-refractivity contribution in [2.45, 2.75) is 19.9 Å². The van der Waals surface area contributed by atoms with Crippen molar-refractivity contribution < 1.29 is 4.42 Å². The number of aryl methyl sites for hydroxylation is 1. The fraction of sp³-hybridized carbons (Fsp3) is 0.300. The lowest BCUT2D eigenvalue weighted by Gasteiger charge is -2.10. The first kappa shape index (κ1) is 10.4. The number of hydrogen-bond donors (Lipinski definition) is 2. The van der Waals surface area contributed by atoms with Crippen LogP contribution in [0.4, 0.5) is 11.8 Å². The molecule has 6 nitrogen and oxygen atoms in total. The van der Waals surface area contributed by atoms with E-state index < -0.39 is 0 Å². The average Bonchev–Trinajstić information content (AvgIpc) is 2.65. The second kappa shape index (κ2) is 4.18. The van der Waals surface area contributed by atoms with Crippen molar-refractivity contribution in [2.24, 2.45) is 0 Å². The third-order valence-corrected chi connectivity index (χ3v) is 2.05.